The van der Waals surface area contributed by atoms with Gasteiger partial charge in [0, 0.05) is 29.2 Å². The summed E-state index contributed by atoms with van der Waals surface area (Å²) in [6.07, 6.45) is 0.333. The molecule has 0 unspecified atom stereocenters. The number of anilines is 1. The molecule has 0 amide bonds. The first-order valence-corrected chi connectivity index (χ1v) is 13.5. The standard InChI is InChI=1S/C30H31ClN2O2S/c1-18-16-24-28(36-29(32-24)33-15-14-20-8-6-7-9-22(20)17-33)26(21-10-12-23(31)13-11-21)25(18)27(19(2)34)35-30(3,4)5/h6-13,16,27H,14-15,17H2,1-5H3/t27-/m1/s1. The van der Waals surface area contributed by atoms with Gasteiger partial charge in [-0.3, -0.25) is 4.79 Å². The van der Waals surface area contributed by atoms with Crippen LogP contribution in [0.3, 0.4) is 0 Å². The lowest BCUT2D eigenvalue weighted by Crippen LogP contribution is -2.30. The number of carbonyl (C=O) groups is 1. The Kier molecular flexibility index (Phi) is 6.67. The minimum atomic E-state index is -0.674. The number of hydrogen-bond donors (Lipinski definition) is 0. The number of rotatable bonds is 5. The normalized spacial score (nSPS) is 14.7. The van der Waals surface area contributed by atoms with Crippen molar-refractivity contribution in [1.82, 2.24) is 4.98 Å². The Hall–Kier alpha value is -2.73. The summed E-state index contributed by atoms with van der Waals surface area (Å²) >= 11 is 7.93. The summed E-state index contributed by atoms with van der Waals surface area (Å²) in [6, 6.07) is 18.6. The van der Waals surface area contributed by atoms with Crippen molar-refractivity contribution in [2.45, 2.75) is 59.3 Å². The van der Waals surface area contributed by atoms with E-state index in [1.807, 2.05) is 52.0 Å². The van der Waals surface area contributed by atoms with E-state index in [4.69, 9.17) is 21.3 Å². The van der Waals surface area contributed by atoms with E-state index in [-0.39, 0.29) is 5.78 Å². The van der Waals surface area contributed by atoms with Gasteiger partial charge < -0.3 is 9.64 Å². The molecular formula is C30H31ClN2O2S. The number of aromatic nitrogens is 1. The molecule has 0 saturated carbocycles. The van der Waals surface area contributed by atoms with Crippen LogP contribution in [-0.4, -0.2) is 22.9 Å². The van der Waals surface area contributed by atoms with Crippen LogP contribution < -0.4 is 4.90 Å². The predicted octanol–water partition coefficient (Wildman–Crippen LogP) is 7.93. The Morgan fingerprint density at radius 1 is 1.11 bits per heavy atom. The van der Waals surface area contributed by atoms with Crippen LogP contribution in [0.15, 0.2) is 54.6 Å². The number of ketones is 1. The van der Waals surface area contributed by atoms with Gasteiger partial charge in [0.1, 0.15) is 6.10 Å². The Morgan fingerprint density at radius 2 is 1.81 bits per heavy atom. The fraction of sp³-hybridized carbons (Fsp3) is 0.333. The SMILES string of the molecule is CC(=O)[C@@H](OC(C)(C)C)c1c(C)cc2nc(N3CCc4ccccc4C3)sc2c1-c1ccc(Cl)cc1. The Labute approximate surface area is 221 Å². The Balaban J connectivity index is 1.69. The van der Waals surface area contributed by atoms with Crippen LogP contribution in [0.1, 0.15) is 56.1 Å². The second-order valence-corrected chi connectivity index (χ2v) is 11.9. The van der Waals surface area contributed by atoms with Crippen molar-refractivity contribution in [3.8, 4) is 11.1 Å². The molecule has 2 heterocycles. The maximum atomic E-state index is 13.0. The number of aryl methyl sites for hydroxylation is 1. The van der Waals surface area contributed by atoms with Crippen molar-refractivity contribution in [3.05, 3.63) is 81.9 Å². The summed E-state index contributed by atoms with van der Waals surface area (Å²) in [5.41, 5.74) is 7.15. The van der Waals surface area contributed by atoms with Crippen LogP contribution in [0.2, 0.25) is 5.02 Å². The summed E-state index contributed by atoms with van der Waals surface area (Å²) in [6.45, 7) is 11.4. The highest BCUT2D eigenvalue weighted by atomic mass is 35.5. The Morgan fingerprint density at radius 3 is 2.47 bits per heavy atom. The second-order valence-electron chi connectivity index (χ2n) is 10.5. The molecule has 4 aromatic rings. The molecule has 1 aliphatic heterocycles. The van der Waals surface area contributed by atoms with E-state index in [9.17, 15) is 4.79 Å². The number of Topliss-reactive ketones (excluding diaryl/α,β-unsaturated/α-hetero) is 1. The van der Waals surface area contributed by atoms with E-state index in [0.717, 1.165) is 57.1 Å². The minimum Gasteiger partial charge on any atom is -0.360 e. The molecule has 0 bridgehead atoms. The number of halogens is 1. The fourth-order valence-electron chi connectivity index (χ4n) is 4.93. The van der Waals surface area contributed by atoms with Gasteiger partial charge in [-0.2, -0.15) is 0 Å². The lowest BCUT2D eigenvalue weighted by Gasteiger charge is -2.29. The fourth-order valence-corrected chi connectivity index (χ4v) is 6.21. The molecule has 1 aliphatic rings. The van der Waals surface area contributed by atoms with E-state index in [0.29, 0.717) is 5.02 Å². The molecule has 186 valence electrons. The summed E-state index contributed by atoms with van der Waals surface area (Å²) in [4.78, 5) is 20.4. The number of fused-ring (bicyclic) bond motifs is 2. The third kappa shape index (κ3) is 4.93. The highest BCUT2D eigenvalue weighted by molar-refractivity contribution is 7.22. The van der Waals surface area contributed by atoms with Gasteiger partial charge >= 0.3 is 0 Å². The maximum absolute atomic E-state index is 13.0. The maximum Gasteiger partial charge on any atom is 0.186 e. The minimum absolute atomic E-state index is 0.0139. The average Bonchev–Trinajstić information content (AvgIpc) is 3.25. The number of thiazole rings is 1. The van der Waals surface area contributed by atoms with Crippen molar-refractivity contribution >= 4 is 44.1 Å². The zero-order chi connectivity index (χ0) is 25.6. The Bertz CT molecular complexity index is 1440. The molecule has 4 nitrogen and oxygen atoms in total. The van der Waals surface area contributed by atoms with Gasteiger partial charge in [0.05, 0.1) is 15.8 Å². The smallest absolute Gasteiger partial charge is 0.186 e. The molecule has 0 fully saturated rings. The zero-order valence-electron chi connectivity index (χ0n) is 21.4. The molecule has 0 radical (unpaired) electrons. The number of nitrogens with zero attached hydrogens (tertiary/aromatic N) is 2. The summed E-state index contributed by atoms with van der Waals surface area (Å²) < 4.78 is 7.43. The van der Waals surface area contributed by atoms with Gasteiger partial charge in [-0.05, 0) is 81.5 Å². The van der Waals surface area contributed by atoms with Gasteiger partial charge in [0.2, 0.25) is 0 Å². The van der Waals surface area contributed by atoms with E-state index in [1.165, 1.54) is 11.1 Å². The highest BCUT2D eigenvalue weighted by Gasteiger charge is 2.31. The van der Waals surface area contributed by atoms with Crippen molar-refractivity contribution in [3.63, 3.8) is 0 Å². The first-order valence-electron chi connectivity index (χ1n) is 12.3. The van der Waals surface area contributed by atoms with Crippen LogP contribution in [0.25, 0.3) is 21.3 Å². The van der Waals surface area contributed by atoms with Crippen molar-refractivity contribution in [1.29, 1.82) is 0 Å². The summed E-state index contributed by atoms with van der Waals surface area (Å²) in [5, 5.41) is 1.68. The van der Waals surface area contributed by atoms with E-state index in [1.54, 1.807) is 18.3 Å². The molecule has 36 heavy (non-hydrogen) atoms. The number of ether oxygens (including phenoxy) is 1. The first-order chi connectivity index (χ1) is 17.1. The quantitative estimate of drug-likeness (QED) is 0.269. The van der Waals surface area contributed by atoms with Gasteiger partial charge in [0.15, 0.2) is 10.9 Å². The zero-order valence-corrected chi connectivity index (χ0v) is 23.0. The molecule has 1 aromatic heterocycles. The summed E-state index contributed by atoms with van der Waals surface area (Å²) in [5.74, 6) is -0.0139. The molecule has 0 spiro atoms. The highest BCUT2D eigenvalue weighted by Crippen LogP contribution is 2.45. The van der Waals surface area contributed by atoms with E-state index < -0.39 is 11.7 Å². The predicted molar refractivity (Wildman–Crippen MR) is 150 cm³/mol. The van der Waals surface area contributed by atoms with E-state index >= 15 is 0 Å². The van der Waals surface area contributed by atoms with Crippen LogP contribution >= 0.6 is 22.9 Å². The molecule has 0 N–H and O–H groups in total. The van der Waals surface area contributed by atoms with Gasteiger partial charge in [-0.1, -0.05) is 59.3 Å². The van der Waals surface area contributed by atoms with Crippen molar-refractivity contribution < 1.29 is 9.53 Å². The van der Waals surface area contributed by atoms with Crippen molar-refractivity contribution in [2.75, 3.05) is 11.4 Å². The van der Waals surface area contributed by atoms with Crippen LogP contribution in [-0.2, 0) is 22.5 Å². The van der Waals surface area contributed by atoms with Crippen LogP contribution in [0.4, 0.5) is 5.13 Å². The lowest BCUT2D eigenvalue weighted by molar-refractivity contribution is -0.138. The molecule has 6 heteroatoms. The number of hydrogen-bond acceptors (Lipinski definition) is 5. The molecular weight excluding hydrogens is 488 g/mol. The molecule has 5 rings (SSSR count). The van der Waals surface area contributed by atoms with Crippen molar-refractivity contribution in [2.24, 2.45) is 0 Å². The lowest BCUT2D eigenvalue weighted by atomic mass is 9.90. The van der Waals surface area contributed by atoms with Gasteiger partial charge in [-0.15, -0.1) is 0 Å². The average molecular weight is 519 g/mol. The molecule has 3 aromatic carbocycles. The molecule has 0 saturated heterocycles. The monoisotopic (exact) mass is 518 g/mol. The topological polar surface area (TPSA) is 42.4 Å². The number of benzene rings is 3. The van der Waals surface area contributed by atoms with Crippen LogP contribution in [0, 0.1) is 6.92 Å². The second kappa shape index (κ2) is 9.62. The first kappa shape index (κ1) is 24.9. The third-order valence-electron chi connectivity index (χ3n) is 6.55. The van der Waals surface area contributed by atoms with E-state index in [2.05, 4.69) is 35.2 Å². The molecule has 0 aliphatic carbocycles. The third-order valence-corrected chi connectivity index (χ3v) is 7.95. The van der Waals surface area contributed by atoms with Gasteiger partial charge in [0.25, 0.3) is 0 Å². The molecule has 1 atom stereocenters. The largest absolute Gasteiger partial charge is 0.360 e. The number of carbonyl (C=O) groups excluding carboxylic acids is 1. The van der Waals surface area contributed by atoms with Crippen LogP contribution in [0.5, 0.6) is 0 Å². The van der Waals surface area contributed by atoms with Gasteiger partial charge in [-0.25, -0.2) is 4.98 Å². The summed E-state index contributed by atoms with van der Waals surface area (Å²) in [7, 11) is 0.